The first kappa shape index (κ1) is 28.1. The van der Waals surface area contributed by atoms with Crippen LogP contribution in [0, 0.1) is 5.92 Å². The molecule has 39 heavy (non-hydrogen) atoms. The average Bonchev–Trinajstić information content (AvgIpc) is 2.94. The van der Waals surface area contributed by atoms with E-state index in [1.54, 1.807) is 28.8 Å². The molecule has 3 aromatic carbocycles. The van der Waals surface area contributed by atoms with Crippen molar-refractivity contribution in [2.75, 3.05) is 17.6 Å². The minimum atomic E-state index is -0.175. The number of hydrogen-bond acceptors (Lipinski definition) is 5. The molecular weight excluding hydrogens is 508 g/mol. The van der Waals surface area contributed by atoms with E-state index in [4.69, 9.17) is 4.98 Å². The van der Waals surface area contributed by atoms with Crippen molar-refractivity contribution < 1.29 is 9.59 Å². The maximum absolute atomic E-state index is 13.4. The lowest BCUT2D eigenvalue weighted by Crippen LogP contribution is -2.26. The van der Waals surface area contributed by atoms with Gasteiger partial charge in [-0.15, -0.1) is 0 Å². The van der Waals surface area contributed by atoms with E-state index in [-0.39, 0.29) is 29.7 Å². The minimum absolute atomic E-state index is 0.107. The van der Waals surface area contributed by atoms with Crippen molar-refractivity contribution >= 4 is 40.2 Å². The molecule has 2 N–H and O–H groups in total. The second-order valence-corrected chi connectivity index (χ2v) is 10.8. The second-order valence-electron chi connectivity index (χ2n) is 9.83. The molecule has 0 radical (unpaired) electrons. The van der Waals surface area contributed by atoms with Gasteiger partial charge in [-0.1, -0.05) is 68.9 Å². The maximum atomic E-state index is 13.4. The zero-order chi connectivity index (χ0) is 27.8. The highest BCUT2D eigenvalue weighted by atomic mass is 32.2. The number of thioether (sulfide) groups is 1. The van der Waals surface area contributed by atoms with Crippen molar-refractivity contribution in [2.45, 2.75) is 45.3 Å². The second kappa shape index (κ2) is 13.2. The lowest BCUT2D eigenvalue weighted by Gasteiger charge is -2.14. The number of aryl methyl sites for hydroxylation is 1. The van der Waals surface area contributed by atoms with E-state index in [0.717, 1.165) is 24.1 Å². The highest BCUT2D eigenvalue weighted by molar-refractivity contribution is 7.99. The number of rotatable bonds is 11. The van der Waals surface area contributed by atoms with Crippen LogP contribution >= 0.6 is 11.8 Å². The first-order chi connectivity index (χ1) is 18.8. The van der Waals surface area contributed by atoms with Crippen LogP contribution in [0.15, 0.2) is 82.7 Å². The van der Waals surface area contributed by atoms with E-state index in [2.05, 4.69) is 31.4 Å². The molecule has 1 heterocycles. The Labute approximate surface area is 233 Å². The van der Waals surface area contributed by atoms with Crippen molar-refractivity contribution in [3.8, 4) is 0 Å². The van der Waals surface area contributed by atoms with E-state index in [9.17, 15) is 14.4 Å². The van der Waals surface area contributed by atoms with E-state index in [0.29, 0.717) is 34.1 Å². The van der Waals surface area contributed by atoms with Gasteiger partial charge in [0.25, 0.3) is 11.5 Å². The fourth-order valence-electron chi connectivity index (χ4n) is 4.07. The summed E-state index contributed by atoms with van der Waals surface area (Å²) >= 11 is 1.23. The summed E-state index contributed by atoms with van der Waals surface area (Å²) in [5.41, 5.74) is 3.78. The van der Waals surface area contributed by atoms with Gasteiger partial charge in [0.2, 0.25) is 5.91 Å². The summed E-state index contributed by atoms with van der Waals surface area (Å²) in [4.78, 5) is 43.3. The van der Waals surface area contributed by atoms with E-state index < -0.39 is 0 Å². The first-order valence-corrected chi connectivity index (χ1v) is 14.2. The third-order valence-electron chi connectivity index (χ3n) is 6.37. The molecule has 0 atom stereocenters. The Morgan fingerprint density at radius 1 is 0.949 bits per heavy atom. The number of carbonyl (C=O) groups is 2. The standard InChI is InChI=1S/C31H34N4O3S/c1-4-22-11-15-25(16-12-22)33-28(36)20-39-31-34-27-8-6-5-7-26(27)30(38)35(31)19-23-9-13-24(14-10-23)29(37)32-18-17-21(2)3/h5-16,21H,4,17-20H2,1-3H3,(H,32,37)(H,33,36). The molecule has 0 aliphatic heterocycles. The monoisotopic (exact) mass is 542 g/mol. The fraction of sp³-hybridized carbons (Fsp3) is 0.290. The normalized spacial score (nSPS) is 11.1. The van der Waals surface area contributed by atoms with Crippen LogP contribution in [-0.4, -0.2) is 33.7 Å². The quantitative estimate of drug-likeness (QED) is 0.192. The number of aromatic nitrogens is 2. The predicted molar refractivity (Wildman–Crippen MR) is 159 cm³/mol. The minimum Gasteiger partial charge on any atom is -0.352 e. The van der Waals surface area contributed by atoms with E-state index >= 15 is 0 Å². The summed E-state index contributed by atoms with van der Waals surface area (Å²) < 4.78 is 1.59. The molecule has 0 aliphatic carbocycles. The van der Waals surface area contributed by atoms with E-state index in [1.807, 2.05) is 48.5 Å². The molecule has 2 amide bonds. The van der Waals surface area contributed by atoms with Crippen LogP contribution in [-0.2, 0) is 17.8 Å². The van der Waals surface area contributed by atoms with Gasteiger partial charge in [0.05, 0.1) is 23.2 Å². The van der Waals surface area contributed by atoms with Crippen molar-refractivity contribution in [3.05, 3.63) is 99.8 Å². The van der Waals surface area contributed by atoms with Crippen LogP contribution in [0.5, 0.6) is 0 Å². The number of benzene rings is 3. The van der Waals surface area contributed by atoms with Gasteiger partial charge in [-0.2, -0.15) is 0 Å². The van der Waals surface area contributed by atoms with Gasteiger partial charge in [-0.25, -0.2) is 4.98 Å². The Balaban J connectivity index is 1.50. The molecule has 0 aliphatic rings. The number of hydrogen-bond donors (Lipinski definition) is 2. The third-order valence-corrected chi connectivity index (χ3v) is 7.35. The largest absolute Gasteiger partial charge is 0.352 e. The fourth-order valence-corrected chi connectivity index (χ4v) is 4.87. The summed E-state index contributed by atoms with van der Waals surface area (Å²) in [6.07, 6.45) is 1.86. The van der Waals surface area contributed by atoms with E-state index in [1.165, 1.54) is 17.3 Å². The molecule has 8 heteroatoms. The van der Waals surface area contributed by atoms with Gasteiger partial charge in [-0.3, -0.25) is 19.0 Å². The highest BCUT2D eigenvalue weighted by Crippen LogP contribution is 2.20. The molecule has 0 spiro atoms. The molecule has 0 unspecified atom stereocenters. The van der Waals surface area contributed by atoms with Crippen molar-refractivity contribution in [2.24, 2.45) is 5.92 Å². The molecule has 0 saturated heterocycles. The molecular formula is C31H34N4O3S. The van der Waals surface area contributed by atoms with Crippen LogP contribution in [0.25, 0.3) is 10.9 Å². The number of nitrogens with one attached hydrogen (secondary N) is 2. The number of anilines is 1. The Kier molecular flexibility index (Phi) is 9.54. The summed E-state index contributed by atoms with van der Waals surface area (Å²) in [6, 6.07) is 22.2. The van der Waals surface area contributed by atoms with Gasteiger partial charge in [0, 0.05) is 17.8 Å². The summed E-state index contributed by atoms with van der Waals surface area (Å²) in [5.74, 6) is 0.340. The summed E-state index contributed by atoms with van der Waals surface area (Å²) in [7, 11) is 0. The Morgan fingerprint density at radius 2 is 1.64 bits per heavy atom. The molecule has 7 nitrogen and oxygen atoms in total. The Bertz CT molecular complexity index is 1500. The van der Waals surface area contributed by atoms with Crippen molar-refractivity contribution in [1.29, 1.82) is 0 Å². The lowest BCUT2D eigenvalue weighted by molar-refractivity contribution is -0.113. The van der Waals surface area contributed by atoms with Gasteiger partial charge in [0.15, 0.2) is 5.16 Å². The summed E-state index contributed by atoms with van der Waals surface area (Å²) in [6.45, 7) is 7.23. The maximum Gasteiger partial charge on any atom is 0.262 e. The van der Waals surface area contributed by atoms with Crippen molar-refractivity contribution in [1.82, 2.24) is 14.9 Å². The van der Waals surface area contributed by atoms with Gasteiger partial charge in [-0.05, 0) is 66.3 Å². The molecule has 1 aromatic heterocycles. The molecule has 0 saturated carbocycles. The highest BCUT2D eigenvalue weighted by Gasteiger charge is 2.15. The van der Waals surface area contributed by atoms with Gasteiger partial charge in [0.1, 0.15) is 0 Å². The number of fused-ring (bicyclic) bond motifs is 1. The molecule has 0 fully saturated rings. The van der Waals surface area contributed by atoms with Crippen LogP contribution in [0.2, 0.25) is 0 Å². The SMILES string of the molecule is CCc1ccc(NC(=O)CSc2nc3ccccc3c(=O)n2Cc2ccc(C(=O)NCCC(C)C)cc2)cc1. The van der Waals surface area contributed by atoms with Crippen molar-refractivity contribution in [3.63, 3.8) is 0 Å². The smallest absolute Gasteiger partial charge is 0.262 e. The molecule has 202 valence electrons. The zero-order valence-corrected chi connectivity index (χ0v) is 23.4. The number of para-hydroxylation sites is 1. The van der Waals surface area contributed by atoms with Crippen LogP contribution in [0.4, 0.5) is 5.69 Å². The molecule has 0 bridgehead atoms. The van der Waals surface area contributed by atoms with Crippen LogP contribution < -0.4 is 16.2 Å². The Morgan fingerprint density at radius 3 is 2.33 bits per heavy atom. The summed E-state index contributed by atoms with van der Waals surface area (Å²) in [5, 5.41) is 6.83. The predicted octanol–water partition coefficient (Wildman–Crippen LogP) is 5.51. The third kappa shape index (κ3) is 7.57. The topological polar surface area (TPSA) is 93.1 Å². The number of amides is 2. The van der Waals surface area contributed by atoms with Crippen LogP contribution in [0.3, 0.4) is 0 Å². The number of nitrogens with zero attached hydrogens (tertiary/aromatic N) is 2. The zero-order valence-electron chi connectivity index (χ0n) is 22.6. The molecule has 4 aromatic rings. The first-order valence-electron chi connectivity index (χ1n) is 13.2. The Hall–Kier alpha value is -3.91. The number of carbonyl (C=O) groups excluding carboxylic acids is 2. The van der Waals surface area contributed by atoms with Gasteiger partial charge >= 0.3 is 0 Å². The van der Waals surface area contributed by atoms with Crippen LogP contribution in [0.1, 0.15) is 48.7 Å². The molecule has 4 rings (SSSR count). The van der Waals surface area contributed by atoms with Gasteiger partial charge < -0.3 is 10.6 Å². The average molecular weight is 543 g/mol. The lowest BCUT2D eigenvalue weighted by atomic mass is 10.1.